The Bertz CT molecular complexity index is 1040. The third kappa shape index (κ3) is 5.43. The summed E-state index contributed by atoms with van der Waals surface area (Å²) in [6.45, 7) is 6.56. The highest BCUT2D eigenvalue weighted by molar-refractivity contribution is 5.90. The Morgan fingerprint density at radius 2 is 1.68 bits per heavy atom. The van der Waals surface area contributed by atoms with Crippen LogP contribution in [0.25, 0.3) is 10.8 Å². The molecule has 3 aromatic rings. The lowest BCUT2D eigenvalue weighted by Crippen LogP contribution is -2.50. The van der Waals surface area contributed by atoms with Crippen molar-refractivity contribution in [2.75, 3.05) is 13.2 Å². The number of fused-ring (bicyclic) bond motifs is 1. The highest BCUT2D eigenvalue weighted by atomic mass is 16.5. The van der Waals surface area contributed by atoms with Gasteiger partial charge in [0.1, 0.15) is 11.8 Å². The zero-order valence-electron chi connectivity index (χ0n) is 18.4. The van der Waals surface area contributed by atoms with Crippen LogP contribution >= 0.6 is 0 Å². The third-order valence-corrected chi connectivity index (χ3v) is 5.44. The molecule has 2 amide bonds. The van der Waals surface area contributed by atoms with Crippen LogP contribution in [-0.4, -0.2) is 35.9 Å². The molecular weight excluding hydrogens is 388 g/mol. The zero-order valence-corrected chi connectivity index (χ0v) is 18.4. The van der Waals surface area contributed by atoms with E-state index in [4.69, 9.17) is 4.74 Å². The van der Waals surface area contributed by atoms with Crippen molar-refractivity contribution in [3.05, 3.63) is 77.9 Å². The summed E-state index contributed by atoms with van der Waals surface area (Å²) >= 11 is 0. The van der Waals surface area contributed by atoms with Crippen LogP contribution in [0.2, 0.25) is 0 Å². The van der Waals surface area contributed by atoms with Gasteiger partial charge in [0.05, 0.1) is 0 Å². The Morgan fingerprint density at radius 1 is 0.968 bits per heavy atom. The summed E-state index contributed by atoms with van der Waals surface area (Å²) in [6.07, 6.45) is 0.526. The fourth-order valence-electron chi connectivity index (χ4n) is 3.73. The summed E-state index contributed by atoms with van der Waals surface area (Å²) in [5, 5.41) is 4.87. The smallest absolute Gasteiger partial charge is 0.261 e. The molecule has 0 radical (unpaired) electrons. The fraction of sp³-hybridized carbons (Fsp3) is 0.308. The summed E-state index contributed by atoms with van der Waals surface area (Å²) in [4.78, 5) is 27.6. The van der Waals surface area contributed by atoms with E-state index in [-0.39, 0.29) is 18.4 Å². The average Bonchev–Trinajstić information content (AvgIpc) is 2.78. The van der Waals surface area contributed by atoms with Crippen molar-refractivity contribution in [2.24, 2.45) is 0 Å². The minimum absolute atomic E-state index is 0.129. The Kier molecular flexibility index (Phi) is 7.65. The second-order valence-corrected chi connectivity index (χ2v) is 7.53. The quantitative estimate of drug-likeness (QED) is 0.558. The number of rotatable bonds is 9. The lowest BCUT2D eigenvalue weighted by atomic mass is 10.1. The van der Waals surface area contributed by atoms with E-state index < -0.39 is 6.04 Å². The molecule has 1 N–H and O–H groups in total. The number of hydrogen-bond acceptors (Lipinski definition) is 3. The van der Waals surface area contributed by atoms with Crippen LogP contribution in [0.3, 0.4) is 0 Å². The molecule has 0 spiro atoms. The van der Waals surface area contributed by atoms with E-state index >= 15 is 0 Å². The standard InChI is InChI=1S/C26H30N2O3/c1-4-23(26(30)27-5-2)28(17-21-13-7-6-11-19(21)3)25(29)18-31-24-16-10-14-20-12-8-9-15-22(20)24/h6-16,23H,4-5,17-18H2,1-3H3,(H,27,30)/t23-/m0/s1. The number of nitrogens with zero attached hydrogens (tertiary/aromatic N) is 1. The number of aryl methyl sites for hydroxylation is 1. The predicted molar refractivity (Wildman–Crippen MR) is 124 cm³/mol. The highest BCUT2D eigenvalue weighted by Crippen LogP contribution is 2.25. The zero-order chi connectivity index (χ0) is 22.2. The average molecular weight is 419 g/mol. The number of ether oxygens (including phenoxy) is 1. The molecule has 0 fully saturated rings. The molecule has 3 aromatic carbocycles. The number of amides is 2. The number of benzene rings is 3. The van der Waals surface area contributed by atoms with Crippen molar-refractivity contribution in [3.63, 3.8) is 0 Å². The van der Waals surface area contributed by atoms with Gasteiger partial charge in [0.2, 0.25) is 5.91 Å². The molecule has 1 atom stereocenters. The number of carbonyl (C=O) groups excluding carboxylic acids is 2. The predicted octanol–water partition coefficient (Wildman–Crippen LogP) is 4.47. The molecule has 0 heterocycles. The van der Waals surface area contributed by atoms with Crippen LogP contribution in [-0.2, 0) is 16.1 Å². The van der Waals surface area contributed by atoms with E-state index in [1.54, 1.807) is 4.90 Å². The Hall–Kier alpha value is -3.34. The molecule has 0 aliphatic carbocycles. The van der Waals surface area contributed by atoms with Crippen LogP contribution in [0.5, 0.6) is 5.75 Å². The van der Waals surface area contributed by atoms with E-state index in [9.17, 15) is 9.59 Å². The van der Waals surface area contributed by atoms with Crippen LogP contribution in [0.15, 0.2) is 66.7 Å². The van der Waals surface area contributed by atoms with Crippen LogP contribution in [0.4, 0.5) is 0 Å². The van der Waals surface area contributed by atoms with E-state index in [1.165, 1.54) is 0 Å². The van der Waals surface area contributed by atoms with Gasteiger partial charge in [0.25, 0.3) is 5.91 Å². The molecular formula is C26H30N2O3. The van der Waals surface area contributed by atoms with E-state index in [2.05, 4.69) is 5.32 Å². The first-order valence-corrected chi connectivity index (χ1v) is 10.8. The Morgan fingerprint density at radius 3 is 2.42 bits per heavy atom. The van der Waals surface area contributed by atoms with Gasteiger partial charge < -0.3 is 15.0 Å². The van der Waals surface area contributed by atoms with Crippen molar-refractivity contribution in [1.29, 1.82) is 0 Å². The molecule has 0 aliphatic rings. The summed E-state index contributed by atoms with van der Waals surface area (Å²) in [5.74, 6) is 0.305. The molecule has 0 saturated heterocycles. The molecule has 162 valence electrons. The minimum atomic E-state index is -0.553. The van der Waals surface area contributed by atoms with Gasteiger partial charge in [0, 0.05) is 18.5 Å². The van der Waals surface area contributed by atoms with Gasteiger partial charge in [-0.15, -0.1) is 0 Å². The van der Waals surface area contributed by atoms with Crippen LogP contribution < -0.4 is 10.1 Å². The van der Waals surface area contributed by atoms with Gasteiger partial charge in [-0.25, -0.2) is 0 Å². The number of likely N-dealkylation sites (N-methyl/N-ethyl adjacent to an activating group) is 1. The van der Waals surface area contributed by atoms with Crippen molar-refractivity contribution in [1.82, 2.24) is 10.2 Å². The van der Waals surface area contributed by atoms with Crippen LogP contribution in [0, 0.1) is 6.92 Å². The maximum atomic E-state index is 13.3. The normalized spacial score (nSPS) is 11.7. The molecule has 0 unspecified atom stereocenters. The summed E-state index contributed by atoms with van der Waals surface area (Å²) in [5.41, 5.74) is 2.10. The van der Waals surface area contributed by atoms with E-state index in [1.807, 2.05) is 87.5 Å². The second-order valence-electron chi connectivity index (χ2n) is 7.53. The minimum Gasteiger partial charge on any atom is -0.483 e. The summed E-state index contributed by atoms with van der Waals surface area (Å²) in [6, 6.07) is 21.1. The highest BCUT2D eigenvalue weighted by Gasteiger charge is 2.29. The van der Waals surface area contributed by atoms with E-state index in [0.717, 1.165) is 21.9 Å². The number of nitrogens with one attached hydrogen (secondary N) is 1. The van der Waals surface area contributed by atoms with Crippen molar-refractivity contribution < 1.29 is 14.3 Å². The van der Waals surface area contributed by atoms with Crippen LogP contribution in [0.1, 0.15) is 31.4 Å². The Labute approximate surface area is 184 Å². The van der Waals surface area contributed by atoms with Gasteiger partial charge in [-0.3, -0.25) is 9.59 Å². The molecule has 31 heavy (non-hydrogen) atoms. The molecule has 0 saturated carbocycles. The SMILES string of the molecule is CCNC(=O)[C@H](CC)N(Cc1ccccc1C)C(=O)COc1cccc2ccccc12. The monoisotopic (exact) mass is 418 g/mol. The summed E-state index contributed by atoms with van der Waals surface area (Å²) < 4.78 is 5.94. The van der Waals surface area contributed by atoms with Gasteiger partial charge in [-0.2, -0.15) is 0 Å². The number of carbonyl (C=O) groups is 2. The largest absolute Gasteiger partial charge is 0.483 e. The van der Waals surface area contributed by atoms with Gasteiger partial charge in [-0.05, 0) is 42.8 Å². The molecule has 0 bridgehead atoms. The van der Waals surface area contributed by atoms with Gasteiger partial charge in [0.15, 0.2) is 6.61 Å². The van der Waals surface area contributed by atoms with Crippen molar-refractivity contribution in [2.45, 2.75) is 39.8 Å². The van der Waals surface area contributed by atoms with Crippen molar-refractivity contribution in [3.8, 4) is 5.75 Å². The molecule has 0 aliphatic heterocycles. The fourth-order valence-corrected chi connectivity index (χ4v) is 3.73. The lowest BCUT2D eigenvalue weighted by Gasteiger charge is -2.31. The van der Waals surface area contributed by atoms with Crippen molar-refractivity contribution >= 4 is 22.6 Å². The first kappa shape index (κ1) is 22.3. The number of hydrogen-bond donors (Lipinski definition) is 1. The maximum Gasteiger partial charge on any atom is 0.261 e. The lowest BCUT2D eigenvalue weighted by molar-refractivity contribution is -0.142. The molecule has 3 rings (SSSR count). The van der Waals surface area contributed by atoms with E-state index in [0.29, 0.717) is 25.3 Å². The second kappa shape index (κ2) is 10.6. The maximum absolute atomic E-state index is 13.3. The first-order chi connectivity index (χ1) is 15.0. The third-order valence-electron chi connectivity index (χ3n) is 5.44. The molecule has 5 nitrogen and oxygen atoms in total. The molecule has 5 heteroatoms. The summed E-state index contributed by atoms with van der Waals surface area (Å²) in [7, 11) is 0. The van der Waals surface area contributed by atoms with Gasteiger partial charge >= 0.3 is 0 Å². The molecule has 0 aromatic heterocycles. The van der Waals surface area contributed by atoms with Gasteiger partial charge in [-0.1, -0.05) is 67.6 Å². The Balaban J connectivity index is 1.84. The first-order valence-electron chi connectivity index (χ1n) is 10.8. The topological polar surface area (TPSA) is 58.6 Å².